The van der Waals surface area contributed by atoms with E-state index >= 15 is 0 Å². The average molecular weight is 534 g/mol. The van der Waals surface area contributed by atoms with Crippen LogP contribution in [0.2, 0.25) is 0 Å². The van der Waals surface area contributed by atoms with Crippen LogP contribution in [0.25, 0.3) is 0 Å². The molecule has 204 valence electrons. The Morgan fingerprint density at radius 1 is 1.08 bits per heavy atom. The fourth-order valence-corrected chi connectivity index (χ4v) is 5.54. The van der Waals surface area contributed by atoms with Crippen molar-refractivity contribution in [1.82, 2.24) is 25.2 Å². The number of amides is 2. The molecule has 3 rings (SSSR count). The molecule has 0 aliphatic carbocycles. The molecule has 1 aromatic rings. The normalized spacial score (nSPS) is 21.2. The third-order valence-electron chi connectivity index (χ3n) is 6.82. The number of guanidine groups is 2. The van der Waals surface area contributed by atoms with E-state index in [2.05, 4.69) is 15.4 Å². The predicted molar refractivity (Wildman–Crippen MR) is 144 cm³/mol. The molecule has 2 aliphatic rings. The molecule has 2 fully saturated rings. The Labute approximate surface area is 222 Å². The van der Waals surface area contributed by atoms with Crippen molar-refractivity contribution in [3.05, 3.63) is 35.9 Å². The molecule has 0 aromatic heterocycles. The summed E-state index contributed by atoms with van der Waals surface area (Å²) in [5.74, 6) is 0.146. The summed E-state index contributed by atoms with van der Waals surface area (Å²) in [5, 5.41) is 31.1. The molecule has 12 nitrogen and oxygen atoms in total. The number of nitrogens with two attached hydrogens (primary N) is 2. The summed E-state index contributed by atoms with van der Waals surface area (Å²) >= 11 is 1.46. The molecular formula is C24H39N9O3S. The molecule has 0 bridgehead atoms. The van der Waals surface area contributed by atoms with Gasteiger partial charge in [0.05, 0.1) is 18.6 Å². The van der Waals surface area contributed by atoms with Crippen molar-refractivity contribution in [2.45, 2.75) is 56.2 Å². The lowest BCUT2D eigenvalue weighted by Crippen LogP contribution is -2.59. The van der Waals surface area contributed by atoms with Crippen molar-refractivity contribution in [2.75, 3.05) is 26.2 Å². The van der Waals surface area contributed by atoms with E-state index in [1.54, 1.807) is 0 Å². The van der Waals surface area contributed by atoms with E-state index in [9.17, 15) is 14.7 Å². The fraction of sp³-hybridized carbons (Fsp3) is 0.583. The van der Waals surface area contributed by atoms with Crippen LogP contribution < -0.4 is 26.8 Å². The van der Waals surface area contributed by atoms with Crippen molar-refractivity contribution >= 4 is 35.7 Å². The smallest absolute Gasteiger partial charge is 0.239 e. The number of aliphatic hydroxyl groups excluding tert-OH is 1. The molecule has 1 aromatic carbocycles. The van der Waals surface area contributed by atoms with Crippen LogP contribution >= 0.6 is 11.9 Å². The molecule has 2 unspecified atom stereocenters. The zero-order valence-electron chi connectivity index (χ0n) is 21.0. The third-order valence-corrected chi connectivity index (χ3v) is 7.75. The van der Waals surface area contributed by atoms with Crippen LogP contribution in [-0.2, 0) is 15.3 Å². The zero-order valence-corrected chi connectivity index (χ0v) is 21.8. The van der Waals surface area contributed by atoms with Gasteiger partial charge >= 0.3 is 0 Å². The summed E-state index contributed by atoms with van der Waals surface area (Å²) in [7, 11) is 0. The molecule has 0 spiro atoms. The topological polar surface area (TPSA) is 197 Å². The van der Waals surface area contributed by atoms with Crippen molar-refractivity contribution < 1.29 is 14.7 Å². The molecule has 2 aliphatic heterocycles. The van der Waals surface area contributed by atoms with E-state index < -0.39 is 24.2 Å². The highest BCUT2D eigenvalue weighted by atomic mass is 32.2. The van der Waals surface area contributed by atoms with Crippen molar-refractivity contribution in [2.24, 2.45) is 17.4 Å². The maximum Gasteiger partial charge on any atom is 0.239 e. The largest absolute Gasteiger partial charge is 0.371 e. The Hall–Kier alpha value is -3.03. The SMILES string of the molecule is N=C(N)N1CCC(C[C@@H](NSCc2ccccc2)C(=O)NCC(=O)NC2CCCN(C(=N)N)C2O)CC1. The summed E-state index contributed by atoms with van der Waals surface area (Å²) in [4.78, 5) is 28.8. The molecule has 13 heteroatoms. The monoisotopic (exact) mass is 533 g/mol. The predicted octanol–water partition coefficient (Wildman–Crippen LogP) is -0.303. The van der Waals surface area contributed by atoms with Gasteiger partial charge in [-0.05, 0) is 43.6 Å². The van der Waals surface area contributed by atoms with E-state index in [0.717, 1.165) is 18.4 Å². The van der Waals surface area contributed by atoms with Crippen molar-refractivity contribution in [3.8, 4) is 0 Å². The standard InChI is InChI=1S/C24H39N9O3S/c25-23(26)32-11-8-16(9-12-32)13-19(31-37-15-17-5-2-1-3-6-17)21(35)29-14-20(34)30-18-7-4-10-33(22(18)36)24(27)28/h1-3,5-6,16,18-19,22,31,36H,4,7-15H2,(H3,25,26)(H3,27,28)(H,29,35)(H,30,34)/t18?,19-,22?/m1/s1. The molecule has 2 heterocycles. The van der Waals surface area contributed by atoms with Gasteiger partial charge in [-0.25, -0.2) is 0 Å². The lowest BCUT2D eigenvalue weighted by Gasteiger charge is -2.38. The van der Waals surface area contributed by atoms with Crippen molar-refractivity contribution in [3.63, 3.8) is 0 Å². The Balaban J connectivity index is 1.52. The summed E-state index contributed by atoms with van der Waals surface area (Å²) in [6, 6.07) is 8.89. The quantitative estimate of drug-likeness (QED) is 0.113. The van der Waals surface area contributed by atoms with Gasteiger partial charge in [-0.2, -0.15) is 0 Å². The number of carbonyl (C=O) groups is 2. The van der Waals surface area contributed by atoms with E-state index in [1.165, 1.54) is 16.8 Å². The summed E-state index contributed by atoms with van der Waals surface area (Å²) in [6.07, 6.45) is 2.44. The van der Waals surface area contributed by atoms with Gasteiger partial charge in [0, 0.05) is 25.4 Å². The lowest BCUT2D eigenvalue weighted by molar-refractivity contribution is -0.128. The molecular weight excluding hydrogens is 494 g/mol. The van der Waals surface area contributed by atoms with Crippen LogP contribution in [0.15, 0.2) is 30.3 Å². The first-order chi connectivity index (χ1) is 17.7. The number of nitrogens with one attached hydrogen (secondary N) is 5. The van der Waals surface area contributed by atoms with Gasteiger partial charge in [-0.15, -0.1) is 0 Å². The highest BCUT2D eigenvalue weighted by Gasteiger charge is 2.32. The fourth-order valence-electron chi connectivity index (χ4n) is 4.69. The number of benzene rings is 1. The highest BCUT2D eigenvalue weighted by molar-refractivity contribution is 7.96. The number of rotatable bonds is 10. The minimum atomic E-state index is -1.07. The van der Waals surface area contributed by atoms with Crippen LogP contribution in [-0.4, -0.2) is 83.1 Å². The van der Waals surface area contributed by atoms with Gasteiger partial charge in [-0.3, -0.25) is 25.1 Å². The van der Waals surface area contributed by atoms with E-state index in [1.807, 2.05) is 35.2 Å². The number of nitrogens with zero attached hydrogens (tertiary/aromatic N) is 2. The number of hydrogen-bond donors (Lipinski definition) is 8. The molecule has 0 saturated carbocycles. The zero-order chi connectivity index (χ0) is 26.8. The van der Waals surface area contributed by atoms with Crippen LogP contribution in [0.4, 0.5) is 0 Å². The van der Waals surface area contributed by atoms with Gasteiger partial charge in [0.15, 0.2) is 11.9 Å². The molecule has 0 radical (unpaired) electrons. The number of likely N-dealkylation sites (tertiary alicyclic amines) is 2. The minimum Gasteiger partial charge on any atom is -0.371 e. The summed E-state index contributed by atoms with van der Waals surface area (Å²) in [5.41, 5.74) is 12.3. The average Bonchev–Trinajstić information content (AvgIpc) is 2.88. The lowest BCUT2D eigenvalue weighted by atomic mass is 9.90. The van der Waals surface area contributed by atoms with Gasteiger partial charge in [0.25, 0.3) is 0 Å². The number of carbonyl (C=O) groups excluding carboxylic acids is 2. The molecule has 10 N–H and O–H groups in total. The van der Waals surface area contributed by atoms with Gasteiger partial charge in [0.2, 0.25) is 11.8 Å². The number of hydrogen-bond acceptors (Lipinski definition) is 7. The molecule has 2 saturated heterocycles. The van der Waals surface area contributed by atoms with Gasteiger partial charge < -0.3 is 37.0 Å². The molecule has 2 amide bonds. The van der Waals surface area contributed by atoms with E-state index in [0.29, 0.717) is 50.6 Å². The highest BCUT2D eigenvalue weighted by Crippen LogP contribution is 2.23. The Bertz CT molecular complexity index is 927. The van der Waals surface area contributed by atoms with Crippen molar-refractivity contribution in [1.29, 1.82) is 10.8 Å². The van der Waals surface area contributed by atoms with E-state index in [4.69, 9.17) is 22.3 Å². The first-order valence-corrected chi connectivity index (χ1v) is 13.6. The minimum absolute atomic E-state index is 0.0739. The summed E-state index contributed by atoms with van der Waals surface area (Å²) < 4.78 is 3.29. The number of piperidine rings is 2. The second-order valence-electron chi connectivity index (χ2n) is 9.52. The first kappa shape index (κ1) is 28.5. The molecule has 3 atom stereocenters. The maximum atomic E-state index is 13.1. The van der Waals surface area contributed by atoms with Crippen LogP contribution in [0.5, 0.6) is 0 Å². The van der Waals surface area contributed by atoms with Crippen LogP contribution in [0.1, 0.15) is 37.7 Å². The molecule has 37 heavy (non-hydrogen) atoms. The third kappa shape index (κ3) is 8.79. The Morgan fingerprint density at radius 3 is 2.43 bits per heavy atom. The first-order valence-electron chi connectivity index (χ1n) is 12.6. The maximum absolute atomic E-state index is 13.1. The van der Waals surface area contributed by atoms with E-state index in [-0.39, 0.29) is 24.4 Å². The second-order valence-corrected chi connectivity index (χ2v) is 10.3. The van der Waals surface area contributed by atoms with Gasteiger partial charge in [0.1, 0.15) is 6.23 Å². The number of aliphatic hydroxyl groups is 1. The van der Waals surface area contributed by atoms with Crippen LogP contribution in [0.3, 0.4) is 0 Å². The Morgan fingerprint density at radius 2 is 1.78 bits per heavy atom. The van der Waals surface area contributed by atoms with Gasteiger partial charge in [-0.1, -0.05) is 42.3 Å². The second kappa shape index (κ2) is 14.1. The Kier molecular flexibility index (Phi) is 10.8. The van der Waals surface area contributed by atoms with Crippen LogP contribution in [0, 0.1) is 16.7 Å². The summed E-state index contributed by atoms with van der Waals surface area (Å²) in [6.45, 7) is 1.62.